The predicted octanol–water partition coefficient (Wildman–Crippen LogP) is 4.23. The molecule has 0 saturated carbocycles. The van der Waals surface area contributed by atoms with Crippen molar-refractivity contribution in [2.24, 2.45) is 5.73 Å². The lowest BCUT2D eigenvalue weighted by Gasteiger charge is -2.04. The zero-order valence-corrected chi connectivity index (χ0v) is 12.7. The second-order valence-electron chi connectivity index (χ2n) is 4.33. The first kappa shape index (κ1) is 12.8. The molecular formula is C15H13BrN2S. The SMILES string of the molecule is NCCc1ccccc1-c1nc2ccc(Br)cc2s1. The molecule has 2 nitrogen and oxygen atoms in total. The molecule has 2 aromatic carbocycles. The lowest BCUT2D eigenvalue weighted by atomic mass is 10.1. The van der Waals surface area contributed by atoms with E-state index in [-0.39, 0.29) is 0 Å². The van der Waals surface area contributed by atoms with Crippen molar-refractivity contribution in [3.63, 3.8) is 0 Å². The minimum atomic E-state index is 0.660. The lowest BCUT2D eigenvalue weighted by molar-refractivity contribution is 0.970. The summed E-state index contributed by atoms with van der Waals surface area (Å²) in [6.07, 6.45) is 0.885. The van der Waals surface area contributed by atoms with Gasteiger partial charge < -0.3 is 5.73 Å². The number of hydrogen-bond donors (Lipinski definition) is 1. The highest BCUT2D eigenvalue weighted by Gasteiger charge is 2.09. The van der Waals surface area contributed by atoms with Gasteiger partial charge in [-0.15, -0.1) is 11.3 Å². The Balaban J connectivity index is 2.13. The second-order valence-corrected chi connectivity index (χ2v) is 6.27. The molecule has 1 heterocycles. The predicted molar refractivity (Wildman–Crippen MR) is 85.5 cm³/mol. The third-order valence-electron chi connectivity index (χ3n) is 3.01. The van der Waals surface area contributed by atoms with Crippen LogP contribution in [0.5, 0.6) is 0 Å². The van der Waals surface area contributed by atoms with Crippen molar-refractivity contribution in [3.05, 3.63) is 52.5 Å². The van der Waals surface area contributed by atoms with Crippen molar-refractivity contribution < 1.29 is 0 Å². The Morgan fingerprint density at radius 2 is 2.00 bits per heavy atom. The number of rotatable bonds is 3. The van der Waals surface area contributed by atoms with Crippen LogP contribution in [0.25, 0.3) is 20.8 Å². The van der Waals surface area contributed by atoms with E-state index in [0.717, 1.165) is 21.4 Å². The van der Waals surface area contributed by atoms with E-state index in [1.54, 1.807) is 11.3 Å². The summed E-state index contributed by atoms with van der Waals surface area (Å²) in [5.41, 5.74) is 9.19. The fourth-order valence-electron chi connectivity index (χ4n) is 2.12. The number of nitrogens with two attached hydrogens (primary N) is 1. The van der Waals surface area contributed by atoms with Crippen LogP contribution >= 0.6 is 27.3 Å². The topological polar surface area (TPSA) is 38.9 Å². The first-order valence-electron chi connectivity index (χ1n) is 6.12. The Labute approximate surface area is 124 Å². The molecule has 0 amide bonds. The Morgan fingerprint density at radius 1 is 1.16 bits per heavy atom. The number of benzene rings is 2. The van der Waals surface area contributed by atoms with Gasteiger partial charge in [-0.25, -0.2) is 4.98 Å². The van der Waals surface area contributed by atoms with Gasteiger partial charge in [0, 0.05) is 10.0 Å². The van der Waals surface area contributed by atoms with Gasteiger partial charge >= 0.3 is 0 Å². The standard InChI is InChI=1S/C15H13BrN2S/c16-11-5-6-13-14(9-11)19-15(18-13)12-4-2-1-3-10(12)7-8-17/h1-6,9H,7-8,17H2. The summed E-state index contributed by atoms with van der Waals surface area (Å²) in [7, 11) is 0. The second kappa shape index (κ2) is 5.41. The van der Waals surface area contributed by atoms with Crippen LogP contribution in [0.1, 0.15) is 5.56 Å². The van der Waals surface area contributed by atoms with Gasteiger partial charge in [0.15, 0.2) is 0 Å². The van der Waals surface area contributed by atoms with Crippen LogP contribution < -0.4 is 5.73 Å². The van der Waals surface area contributed by atoms with Crippen LogP contribution in [0.4, 0.5) is 0 Å². The number of fused-ring (bicyclic) bond motifs is 1. The van der Waals surface area contributed by atoms with E-state index in [4.69, 9.17) is 10.7 Å². The summed E-state index contributed by atoms with van der Waals surface area (Å²) in [6, 6.07) is 14.5. The zero-order valence-electron chi connectivity index (χ0n) is 10.3. The first-order valence-corrected chi connectivity index (χ1v) is 7.73. The summed E-state index contributed by atoms with van der Waals surface area (Å²) in [4.78, 5) is 4.72. The molecule has 0 unspecified atom stereocenters. The van der Waals surface area contributed by atoms with E-state index in [2.05, 4.69) is 46.3 Å². The van der Waals surface area contributed by atoms with Crippen LogP contribution in [0.2, 0.25) is 0 Å². The molecule has 0 aliphatic carbocycles. The molecule has 3 rings (SSSR count). The van der Waals surface area contributed by atoms with Gasteiger partial charge in [0.1, 0.15) is 5.01 Å². The Hall–Kier alpha value is -1.23. The number of halogens is 1. The summed E-state index contributed by atoms with van der Waals surface area (Å²) in [5.74, 6) is 0. The highest BCUT2D eigenvalue weighted by Crippen LogP contribution is 2.33. The number of hydrogen-bond acceptors (Lipinski definition) is 3. The van der Waals surface area contributed by atoms with Gasteiger partial charge in [0.2, 0.25) is 0 Å². The molecule has 0 spiro atoms. The van der Waals surface area contributed by atoms with E-state index < -0.39 is 0 Å². The van der Waals surface area contributed by atoms with Crippen molar-refractivity contribution in [2.75, 3.05) is 6.54 Å². The smallest absolute Gasteiger partial charge is 0.124 e. The van der Waals surface area contributed by atoms with Gasteiger partial charge in [-0.2, -0.15) is 0 Å². The number of aromatic nitrogens is 1. The molecule has 19 heavy (non-hydrogen) atoms. The maximum Gasteiger partial charge on any atom is 0.124 e. The first-order chi connectivity index (χ1) is 9.28. The van der Waals surface area contributed by atoms with Gasteiger partial charge in [-0.05, 0) is 36.7 Å². The highest BCUT2D eigenvalue weighted by molar-refractivity contribution is 9.10. The summed E-state index contributed by atoms with van der Waals surface area (Å²) < 4.78 is 2.29. The average molecular weight is 333 g/mol. The summed E-state index contributed by atoms with van der Waals surface area (Å²) >= 11 is 5.22. The Kier molecular flexibility index (Phi) is 3.64. The molecule has 96 valence electrons. The summed E-state index contributed by atoms with van der Waals surface area (Å²) in [6.45, 7) is 0.660. The van der Waals surface area contributed by atoms with Crippen LogP contribution in [-0.4, -0.2) is 11.5 Å². The van der Waals surface area contributed by atoms with Crippen molar-refractivity contribution in [2.45, 2.75) is 6.42 Å². The van der Waals surface area contributed by atoms with E-state index in [1.165, 1.54) is 15.8 Å². The lowest BCUT2D eigenvalue weighted by Crippen LogP contribution is -2.03. The van der Waals surface area contributed by atoms with Crippen molar-refractivity contribution in [3.8, 4) is 10.6 Å². The van der Waals surface area contributed by atoms with E-state index in [9.17, 15) is 0 Å². The maximum absolute atomic E-state index is 5.68. The zero-order chi connectivity index (χ0) is 13.2. The molecule has 4 heteroatoms. The highest BCUT2D eigenvalue weighted by atomic mass is 79.9. The molecule has 3 aromatic rings. The van der Waals surface area contributed by atoms with E-state index in [0.29, 0.717) is 6.54 Å². The normalized spacial score (nSPS) is 11.1. The molecule has 0 bridgehead atoms. The molecular weight excluding hydrogens is 320 g/mol. The van der Waals surface area contributed by atoms with Gasteiger partial charge in [-0.1, -0.05) is 40.2 Å². The van der Waals surface area contributed by atoms with Crippen LogP contribution in [0.3, 0.4) is 0 Å². The molecule has 1 aromatic heterocycles. The third-order valence-corrected chi connectivity index (χ3v) is 4.56. The maximum atomic E-state index is 5.68. The molecule has 0 saturated heterocycles. The molecule has 0 radical (unpaired) electrons. The van der Waals surface area contributed by atoms with Crippen molar-refractivity contribution in [1.29, 1.82) is 0 Å². The largest absolute Gasteiger partial charge is 0.330 e. The van der Waals surface area contributed by atoms with Crippen molar-refractivity contribution in [1.82, 2.24) is 4.98 Å². The summed E-state index contributed by atoms with van der Waals surface area (Å²) in [5, 5.41) is 1.07. The minimum Gasteiger partial charge on any atom is -0.330 e. The molecule has 2 N–H and O–H groups in total. The number of thiazole rings is 1. The molecule has 0 atom stereocenters. The third kappa shape index (κ3) is 2.56. The van der Waals surface area contributed by atoms with Gasteiger partial charge in [0.25, 0.3) is 0 Å². The molecule has 0 aliphatic rings. The Bertz CT molecular complexity index is 721. The van der Waals surface area contributed by atoms with Crippen LogP contribution in [0, 0.1) is 0 Å². The van der Waals surface area contributed by atoms with Gasteiger partial charge in [0.05, 0.1) is 10.2 Å². The van der Waals surface area contributed by atoms with E-state index >= 15 is 0 Å². The van der Waals surface area contributed by atoms with Crippen molar-refractivity contribution >= 4 is 37.5 Å². The van der Waals surface area contributed by atoms with Crippen LogP contribution in [0.15, 0.2) is 46.9 Å². The van der Waals surface area contributed by atoms with E-state index in [1.807, 2.05) is 12.1 Å². The monoisotopic (exact) mass is 332 g/mol. The average Bonchev–Trinajstić information content (AvgIpc) is 2.82. The molecule has 0 fully saturated rings. The van der Waals surface area contributed by atoms with Gasteiger partial charge in [-0.3, -0.25) is 0 Å². The fourth-order valence-corrected chi connectivity index (χ4v) is 3.69. The van der Waals surface area contributed by atoms with Crippen LogP contribution in [-0.2, 0) is 6.42 Å². The fraction of sp³-hybridized carbons (Fsp3) is 0.133. The minimum absolute atomic E-state index is 0.660. The Morgan fingerprint density at radius 3 is 2.84 bits per heavy atom. The quantitative estimate of drug-likeness (QED) is 0.779. The number of nitrogens with zero attached hydrogens (tertiary/aromatic N) is 1. The molecule has 0 aliphatic heterocycles.